The van der Waals surface area contributed by atoms with E-state index in [0.29, 0.717) is 44.9 Å². The molecule has 0 saturated heterocycles. The van der Waals surface area contributed by atoms with E-state index in [2.05, 4.69) is 9.68 Å². The number of rotatable bonds is 19. The third-order valence-corrected chi connectivity index (χ3v) is 6.84. The fourth-order valence-corrected chi connectivity index (χ4v) is 4.81. The lowest BCUT2D eigenvalue weighted by Crippen LogP contribution is -2.33. The molecule has 1 aliphatic rings. The van der Waals surface area contributed by atoms with Crippen molar-refractivity contribution in [3.05, 3.63) is 48.0 Å². The summed E-state index contributed by atoms with van der Waals surface area (Å²) < 4.78 is 5.08. The molecule has 13 heteroatoms. The van der Waals surface area contributed by atoms with Crippen LogP contribution in [0.2, 0.25) is 0 Å². The molecule has 1 aliphatic carbocycles. The molecule has 0 aromatic heterocycles. The van der Waals surface area contributed by atoms with E-state index >= 15 is 0 Å². The van der Waals surface area contributed by atoms with Gasteiger partial charge in [0.05, 0.1) is 29.1 Å². The first kappa shape index (κ1) is 33.2. The highest BCUT2D eigenvalue weighted by molar-refractivity contribution is 5.69. The van der Waals surface area contributed by atoms with E-state index in [-0.39, 0.29) is 18.3 Å². The SMILES string of the molecule is O=C(CCC/C=C\C[C@@H]1[C@@H](CC[C@@H](O)CCc2ccccc2)[C@H](O)C[C@@H]1O)OC(CON(O)O)CON(O)O. The number of allylic oxidation sites excluding steroid dienone is 2. The standard InChI is InChI=1S/C26H42N2O11/c29-20(13-12-19-8-4-3-5-9-19)14-15-23-22(24(30)16-25(23)31)10-6-1-2-7-11-26(32)39-21(17-37-27(33)34)18-38-28(35)36/h1,3-6,8-9,20-25,29-31,33-36H,2,7,10-18H2/b6-1-/t20-,22+,23+,24-,25+/m0/s1. The molecule has 1 aromatic carbocycles. The zero-order valence-electron chi connectivity index (χ0n) is 21.9. The molecule has 0 unspecified atom stereocenters. The van der Waals surface area contributed by atoms with Crippen molar-refractivity contribution in [3.8, 4) is 0 Å². The van der Waals surface area contributed by atoms with Crippen LogP contribution in [0.3, 0.4) is 0 Å². The van der Waals surface area contributed by atoms with Gasteiger partial charge in [0.1, 0.15) is 13.2 Å². The summed E-state index contributed by atoms with van der Waals surface area (Å²) in [6.45, 7) is -1.01. The Hall–Kier alpha value is -2.01. The first-order chi connectivity index (χ1) is 18.7. The van der Waals surface area contributed by atoms with Crippen LogP contribution in [-0.4, -0.2) is 90.5 Å². The lowest BCUT2D eigenvalue weighted by Gasteiger charge is -2.23. The maximum Gasteiger partial charge on any atom is 0.306 e. The molecule has 1 saturated carbocycles. The van der Waals surface area contributed by atoms with E-state index in [9.17, 15) is 20.1 Å². The lowest BCUT2D eigenvalue weighted by atomic mass is 9.85. The van der Waals surface area contributed by atoms with E-state index in [1.807, 2.05) is 42.5 Å². The topological polar surface area (TPSA) is 193 Å². The fraction of sp³-hybridized carbons (Fsp3) is 0.654. The number of esters is 1. The van der Waals surface area contributed by atoms with Gasteiger partial charge in [-0.25, -0.2) is 9.68 Å². The van der Waals surface area contributed by atoms with Gasteiger partial charge in [-0.2, -0.15) is 0 Å². The van der Waals surface area contributed by atoms with E-state index in [0.717, 1.165) is 6.42 Å². The Bertz CT molecular complexity index is 815. The summed E-state index contributed by atoms with van der Waals surface area (Å²) in [6, 6.07) is 9.96. The van der Waals surface area contributed by atoms with Crippen LogP contribution in [0, 0.1) is 11.8 Å². The number of aliphatic hydroxyl groups excluding tert-OH is 3. The Kier molecular flexibility index (Phi) is 15.6. The normalized spacial score (nSPS) is 22.4. The van der Waals surface area contributed by atoms with Crippen molar-refractivity contribution in [1.82, 2.24) is 10.8 Å². The van der Waals surface area contributed by atoms with Gasteiger partial charge in [0, 0.05) is 6.42 Å². The minimum Gasteiger partial charge on any atom is -0.457 e. The van der Waals surface area contributed by atoms with Gasteiger partial charge in [-0.3, -0.25) is 25.6 Å². The van der Waals surface area contributed by atoms with Crippen molar-refractivity contribution in [3.63, 3.8) is 0 Å². The number of benzene rings is 1. The van der Waals surface area contributed by atoms with Crippen LogP contribution < -0.4 is 0 Å². The molecule has 222 valence electrons. The summed E-state index contributed by atoms with van der Waals surface area (Å²) in [5.74, 6) is -0.834. The first-order valence-electron chi connectivity index (χ1n) is 13.2. The molecule has 0 bridgehead atoms. The number of hydrogen-bond acceptors (Lipinski definition) is 13. The third kappa shape index (κ3) is 13.8. The molecular weight excluding hydrogens is 516 g/mol. The number of aryl methyl sites for hydroxylation is 1. The number of carbonyl (C=O) groups is 1. The Morgan fingerprint density at radius 1 is 0.949 bits per heavy atom. The number of ether oxygens (including phenoxy) is 1. The van der Waals surface area contributed by atoms with Gasteiger partial charge in [-0.15, -0.1) is 0 Å². The molecule has 7 N–H and O–H groups in total. The van der Waals surface area contributed by atoms with E-state index in [4.69, 9.17) is 25.6 Å². The van der Waals surface area contributed by atoms with Gasteiger partial charge < -0.3 is 20.1 Å². The summed E-state index contributed by atoms with van der Waals surface area (Å²) in [6.07, 6.45) is 5.54. The van der Waals surface area contributed by atoms with Crippen LogP contribution in [0.25, 0.3) is 0 Å². The van der Waals surface area contributed by atoms with Crippen molar-refractivity contribution >= 4 is 5.97 Å². The number of carbonyl (C=O) groups excluding carboxylic acids is 1. The maximum absolute atomic E-state index is 12.0. The van der Waals surface area contributed by atoms with Crippen LogP contribution in [-0.2, 0) is 25.6 Å². The smallest absolute Gasteiger partial charge is 0.306 e. The molecule has 0 aliphatic heterocycles. The average Bonchev–Trinajstić information content (AvgIpc) is 3.17. The van der Waals surface area contributed by atoms with Gasteiger partial charge in [-0.05, 0) is 68.8 Å². The van der Waals surface area contributed by atoms with Crippen molar-refractivity contribution < 1.29 is 55.4 Å². The molecular formula is C26H42N2O11. The largest absolute Gasteiger partial charge is 0.457 e. The molecule has 1 aromatic rings. The second-order valence-electron chi connectivity index (χ2n) is 9.76. The number of nitrogens with zero attached hydrogens (tertiary/aromatic N) is 2. The monoisotopic (exact) mass is 558 g/mol. The highest BCUT2D eigenvalue weighted by Crippen LogP contribution is 2.38. The van der Waals surface area contributed by atoms with Gasteiger partial charge in [-0.1, -0.05) is 42.5 Å². The molecule has 0 radical (unpaired) electrons. The summed E-state index contributed by atoms with van der Waals surface area (Å²) in [5.41, 5.74) is 1.17. The minimum atomic E-state index is -1.14. The Morgan fingerprint density at radius 2 is 1.59 bits per heavy atom. The summed E-state index contributed by atoms with van der Waals surface area (Å²) >= 11 is 0. The van der Waals surface area contributed by atoms with Crippen molar-refractivity contribution in [1.29, 1.82) is 0 Å². The third-order valence-electron chi connectivity index (χ3n) is 6.84. The maximum atomic E-state index is 12.0. The van der Waals surface area contributed by atoms with Crippen LogP contribution in [0.4, 0.5) is 0 Å². The molecule has 0 heterocycles. The molecule has 1 fully saturated rings. The van der Waals surface area contributed by atoms with Crippen LogP contribution in [0.1, 0.15) is 56.9 Å². The highest BCUT2D eigenvalue weighted by atomic mass is 17.1. The summed E-state index contributed by atoms with van der Waals surface area (Å²) in [4.78, 5) is 20.8. The van der Waals surface area contributed by atoms with E-state index < -0.39 is 54.4 Å². The van der Waals surface area contributed by atoms with Gasteiger partial charge in [0.25, 0.3) is 0 Å². The summed E-state index contributed by atoms with van der Waals surface area (Å²) in [7, 11) is 0. The van der Waals surface area contributed by atoms with Crippen molar-refractivity contribution in [2.24, 2.45) is 11.8 Å². The average molecular weight is 559 g/mol. The lowest BCUT2D eigenvalue weighted by molar-refractivity contribution is -0.506. The number of aliphatic hydroxyl groups is 3. The second kappa shape index (κ2) is 18.4. The van der Waals surface area contributed by atoms with Crippen LogP contribution in [0.5, 0.6) is 0 Å². The molecule has 5 atom stereocenters. The summed E-state index contributed by atoms with van der Waals surface area (Å²) in [5, 5.41) is 64.6. The van der Waals surface area contributed by atoms with E-state index in [1.165, 1.54) is 5.56 Å². The van der Waals surface area contributed by atoms with Crippen LogP contribution >= 0.6 is 0 Å². The first-order valence-corrected chi connectivity index (χ1v) is 13.2. The van der Waals surface area contributed by atoms with Crippen LogP contribution in [0.15, 0.2) is 42.5 Å². The molecule has 0 amide bonds. The number of unbranched alkanes of at least 4 members (excludes halogenated alkanes) is 1. The molecule has 13 nitrogen and oxygen atoms in total. The van der Waals surface area contributed by atoms with Gasteiger partial charge in [0.15, 0.2) is 6.10 Å². The number of hydrogen-bond donors (Lipinski definition) is 7. The zero-order valence-corrected chi connectivity index (χ0v) is 21.9. The predicted molar refractivity (Wildman–Crippen MR) is 134 cm³/mol. The van der Waals surface area contributed by atoms with Crippen molar-refractivity contribution in [2.75, 3.05) is 13.2 Å². The van der Waals surface area contributed by atoms with E-state index in [1.54, 1.807) is 0 Å². The Morgan fingerprint density at radius 3 is 2.23 bits per heavy atom. The quantitative estimate of drug-likeness (QED) is 0.0566. The fourth-order valence-electron chi connectivity index (χ4n) is 4.81. The minimum absolute atomic E-state index is 0.0407. The van der Waals surface area contributed by atoms with Gasteiger partial charge >= 0.3 is 5.97 Å². The second-order valence-corrected chi connectivity index (χ2v) is 9.76. The highest BCUT2D eigenvalue weighted by Gasteiger charge is 2.40. The Labute approximate surface area is 227 Å². The molecule has 0 spiro atoms. The predicted octanol–water partition coefficient (Wildman–Crippen LogP) is 2.17. The van der Waals surface area contributed by atoms with Crippen molar-refractivity contribution in [2.45, 2.75) is 82.2 Å². The molecule has 2 rings (SSSR count). The van der Waals surface area contributed by atoms with Gasteiger partial charge in [0.2, 0.25) is 0 Å². The molecule has 39 heavy (non-hydrogen) atoms. The Balaban J connectivity index is 1.69. The zero-order chi connectivity index (χ0) is 28.6.